The summed E-state index contributed by atoms with van der Waals surface area (Å²) in [6, 6.07) is 16.2. The van der Waals surface area contributed by atoms with Crippen LogP contribution in [0.15, 0.2) is 48.7 Å². The summed E-state index contributed by atoms with van der Waals surface area (Å²) in [5.41, 5.74) is 6.91. The Kier molecular flexibility index (Phi) is 4.30. The standard InChI is InChI=1S/C27H31N/c1-4-27(16-20-5-6-21(14-20)17-27)24-8-7-22-9-10-28-26(25(22)15-24)23-12-18(2)11-19(3)13-23/h7-13,15,20-21H,4-6,14,16-17H2,1-3H3. The van der Waals surface area contributed by atoms with Gasteiger partial charge in [0.2, 0.25) is 0 Å². The lowest BCUT2D eigenvalue weighted by atomic mass is 9.64. The molecule has 2 bridgehead atoms. The summed E-state index contributed by atoms with van der Waals surface area (Å²) in [5.74, 6) is 1.89. The Morgan fingerprint density at radius 3 is 2.32 bits per heavy atom. The minimum Gasteiger partial charge on any atom is -0.256 e. The maximum Gasteiger partial charge on any atom is 0.0780 e. The molecule has 0 aliphatic heterocycles. The van der Waals surface area contributed by atoms with Crippen molar-refractivity contribution >= 4 is 10.8 Å². The lowest BCUT2D eigenvalue weighted by Crippen LogP contribution is -2.33. The van der Waals surface area contributed by atoms with Gasteiger partial charge in [-0.3, -0.25) is 4.98 Å². The number of pyridine rings is 1. The minimum absolute atomic E-state index is 0.369. The molecule has 1 nitrogen and oxygen atoms in total. The van der Waals surface area contributed by atoms with Crippen molar-refractivity contribution in [3.05, 3.63) is 65.4 Å². The highest BCUT2D eigenvalue weighted by Gasteiger charge is 2.43. The molecule has 0 saturated heterocycles. The van der Waals surface area contributed by atoms with E-state index in [1.54, 1.807) is 5.56 Å². The Morgan fingerprint density at radius 1 is 0.929 bits per heavy atom. The number of fused-ring (bicyclic) bond motifs is 3. The quantitative estimate of drug-likeness (QED) is 0.469. The van der Waals surface area contributed by atoms with E-state index >= 15 is 0 Å². The van der Waals surface area contributed by atoms with E-state index in [4.69, 9.17) is 4.98 Å². The van der Waals surface area contributed by atoms with Crippen LogP contribution in [0.3, 0.4) is 0 Å². The summed E-state index contributed by atoms with van der Waals surface area (Å²) in [7, 11) is 0. The van der Waals surface area contributed by atoms with Gasteiger partial charge >= 0.3 is 0 Å². The van der Waals surface area contributed by atoms with Crippen LogP contribution >= 0.6 is 0 Å². The van der Waals surface area contributed by atoms with Gasteiger partial charge in [0.25, 0.3) is 0 Å². The third-order valence-corrected chi connectivity index (χ3v) is 7.56. The maximum absolute atomic E-state index is 4.84. The highest BCUT2D eigenvalue weighted by atomic mass is 14.7. The molecule has 0 radical (unpaired) electrons. The summed E-state index contributed by atoms with van der Waals surface area (Å²) >= 11 is 0. The first-order chi connectivity index (χ1) is 13.6. The molecule has 2 unspecified atom stereocenters. The van der Waals surface area contributed by atoms with Gasteiger partial charge in [-0.25, -0.2) is 0 Å². The van der Waals surface area contributed by atoms with Gasteiger partial charge in [0.1, 0.15) is 0 Å². The number of hydrogen-bond donors (Lipinski definition) is 0. The molecular weight excluding hydrogens is 338 g/mol. The van der Waals surface area contributed by atoms with Crippen molar-refractivity contribution in [2.45, 2.75) is 64.7 Å². The molecule has 5 rings (SSSR count). The molecule has 2 atom stereocenters. The molecule has 0 N–H and O–H groups in total. The van der Waals surface area contributed by atoms with Crippen molar-refractivity contribution in [3.63, 3.8) is 0 Å². The van der Waals surface area contributed by atoms with Gasteiger partial charge in [-0.2, -0.15) is 0 Å². The second-order valence-electron chi connectivity index (χ2n) is 9.56. The highest BCUT2D eigenvalue weighted by molar-refractivity contribution is 5.95. The minimum atomic E-state index is 0.369. The van der Waals surface area contributed by atoms with Gasteiger partial charge in [-0.15, -0.1) is 0 Å². The number of rotatable bonds is 3. The zero-order valence-electron chi connectivity index (χ0n) is 17.5. The summed E-state index contributed by atoms with van der Waals surface area (Å²) in [6.45, 7) is 6.76. The van der Waals surface area contributed by atoms with Crippen LogP contribution in [0, 0.1) is 25.7 Å². The first kappa shape index (κ1) is 17.9. The zero-order valence-corrected chi connectivity index (χ0v) is 17.5. The molecular formula is C27H31N. The first-order valence-corrected chi connectivity index (χ1v) is 11.0. The van der Waals surface area contributed by atoms with Crippen molar-refractivity contribution in [2.75, 3.05) is 0 Å². The van der Waals surface area contributed by atoms with Crippen LogP contribution in [0.1, 0.15) is 62.1 Å². The van der Waals surface area contributed by atoms with E-state index in [0.29, 0.717) is 5.41 Å². The Balaban J connectivity index is 1.66. The number of nitrogens with zero attached hydrogens (tertiary/aromatic N) is 1. The lowest BCUT2D eigenvalue weighted by molar-refractivity contribution is 0.207. The van der Waals surface area contributed by atoms with Crippen LogP contribution in [0.5, 0.6) is 0 Å². The number of aromatic nitrogens is 1. The molecule has 1 aromatic heterocycles. The zero-order chi connectivity index (χ0) is 19.3. The molecule has 2 aromatic carbocycles. The van der Waals surface area contributed by atoms with Crippen molar-refractivity contribution in [3.8, 4) is 11.3 Å². The lowest BCUT2D eigenvalue weighted by Gasteiger charge is -2.41. The van der Waals surface area contributed by atoms with Gasteiger partial charge in [0.05, 0.1) is 5.69 Å². The molecule has 2 aliphatic rings. The Bertz CT molecular complexity index is 999. The van der Waals surface area contributed by atoms with Crippen LogP contribution in [0.4, 0.5) is 0 Å². The first-order valence-electron chi connectivity index (χ1n) is 11.0. The number of aryl methyl sites for hydroxylation is 2. The Hall–Kier alpha value is -2.15. The van der Waals surface area contributed by atoms with E-state index in [1.165, 1.54) is 66.0 Å². The smallest absolute Gasteiger partial charge is 0.0780 e. The summed E-state index contributed by atoms with van der Waals surface area (Å²) in [6.07, 6.45) is 10.4. The highest BCUT2D eigenvalue weighted by Crippen LogP contribution is 2.53. The molecule has 28 heavy (non-hydrogen) atoms. The van der Waals surface area contributed by atoms with E-state index in [-0.39, 0.29) is 0 Å². The predicted molar refractivity (Wildman–Crippen MR) is 119 cm³/mol. The molecule has 1 heterocycles. The van der Waals surface area contributed by atoms with Gasteiger partial charge in [-0.05, 0) is 92.0 Å². The summed E-state index contributed by atoms with van der Waals surface area (Å²) < 4.78 is 0. The molecule has 2 aliphatic carbocycles. The second-order valence-corrected chi connectivity index (χ2v) is 9.56. The van der Waals surface area contributed by atoms with Crippen molar-refractivity contribution in [2.24, 2.45) is 11.8 Å². The fourth-order valence-corrected chi connectivity index (χ4v) is 6.31. The maximum atomic E-state index is 4.84. The van der Waals surface area contributed by atoms with Crippen LogP contribution in [0.25, 0.3) is 22.0 Å². The fraction of sp³-hybridized carbons (Fsp3) is 0.444. The van der Waals surface area contributed by atoms with E-state index < -0.39 is 0 Å². The third-order valence-electron chi connectivity index (χ3n) is 7.56. The Morgan fingerprint density at radius 2 is 1.64 bits per heavy atom. The molecule has 144 valence electrons. The molecule has 1 heteroatoms. The summed E-state index contributed by atoms with van der Waals surface area (Å²) in [4.78, 5) is 4.84. The molecule has 2 fully saturated rings. The van der Waals surface area contributed by atoms with Crippen LogP contribution in [-0.4, -0.2) is 4.98 Å². The van der Waals surface area contributed by atoms with E-state index in [9.17, 15) is 0 Å². The largest absolute Gasteiger partial charge is 0.256 e. The van der Waals surface area contributed by atoms with Crippen molar-refractivity contribution in [1.82, 2.24) is 4.98 Å². The van der Waals surface area contributed by atoms with Crippen LogP contribution < -0.4 is 0 Å². The number of hydrogen-bond acceptors (Lipinski definition) is 1. The molecule has 0 spiro atoms. The van der Waals surface area contributed by atoms with E-state index in [0.717, 1.165) is 17.5 Å². The van der Waals surface area contributed by atoms with Gasteiger partial charge < -0.3 is 0 Å². The normalized spacial score (nSPS) is 26.7. The topological polar surface area (TPSA) is 12.9 Å². The second kappa shape index (κ2) is 6.72. The van der Waals surface area contributed by atoms with E-state index in [1.807, 2.05) is 6.20 Å². The third kappa shape index (κ3) is 2.96. The van der Waals surface area contributed by atoms with Crippen molar-refractivity contribution < 1.29 is 0 Å². The SMILES string of the molecule is CCC1(c2ccc3ccnc(-c4cc(C)cc(C)c4)c3c2)CC2CCC(C2)C1. The van der Waals surface area contributed by atoms with Gasteiger partial charge in [0.15, 0.2) is 0 Å². The average molecular weight is 370 g/mol. The number of benzene rings is 2. The average Bonchev–Trinajstić information content (AvgIpc) is 3.04. The predicted octanol–water partition coefficient (Wildman–Crippen LogP) is 7.38. The Labute approximate surface area is 169 Å². The van der Waals surface area contributed by atoms with E-state index in [2.05, 4.69) is 63.2 Å². The monoisotopic (exact) mass is 369 g/mol. The molecule has 3 aromatic rings. The van der Waals surface area contributed by atoms with Crippen LogP contribution in [0.2, 0.25) is 0 Å². The molecule has 0 amide bonds. The molecule has 2 saturated carbocycles. The summed E-state index contributed by atoms with van der Waals surface area (Å²) in [5, 5.41) is 2.62. The fourth-order valence-electron chi connectivity index (χ4n) is 6.31. The van der Waals surface area contributed by atoms with Crippen molar-refractivity contribution in [1.29, 1.82) is 0 Å². The van der Waals surface area contributed by atoms with Gasteiger partial charge in [0, 0.05) is 17.1 Å². The van der Waals surface area contributed by atoms with Crippen LogP contribution in [-0.2, 0) is 5.41 Å². The van der Waals surface area contributed by atoms with Gasteiger partial charge in [-0.1, -0.05) is 49.1 Å².